The molecule has 1 aromatic carbocycles. The molecule has 5 nitrogen and oxygen atoms in total. The monoisotopic (exact) mass is 263 g/mol. The topological polar surface area (TPSA) is 71.5 Å². The molecule has 19 heavy (non-hydrogen) atoms. The zero-order valence-electron chi connectivity index (χ0n) is 11.6. The Morgan fingerprint density at radius 2 is 2.11 bits per heavy atom. The molecule has 0 aromatic heterocycles. The molecule has 104 valence electrons. The van der Waals surface area contributed by atoms with E-state index in [4.69, 9.17) is 20.5 Å². The first-order chi connectivity index (χ1) is 9.21. The quantitative estimate of drug-likeness (QED) is 0.722. The smallest absolute Gasteiger partial charge is 0.141 e. The van der Waals surface area contributed by atoms with Gasteiger partial charge in [0, 0.05) is 33.2 Å². The predicted molar refractivity (Wildman–Crippen MR) is 74.8 cm³/mol. The largest absolute Gasteiger partial charge is 0.495 e. The Morgan fingerprint density at radius 1 is 1.32 bits per heavy atom. The maximum Gasteiger partial charge on any atom is 0.141 e. The van der Waals surface area contributed by atoms with Crippen molar-refractivity contribution < 1.29 is 9.47 Å². The lowest BCUT2D eigenvalue weighted by molar-refractivity contribution is 0.145. The van der Waals surface area contributed by atoms with Crippen molar-refractivity contribution in [3.63, 3.8) is 0 Å². The van der Waals surface area contributed by atoms with Crippen LogP contribution in [0.4, 0.5) is 5.69 Å². The molecule has 0 heterocycles. The molecule has 0 saturated carbocycles. The highest BCUT2D eigenvalue weighted by Crippen LogP contribution is 2.22. The normalized spacial score (nSPS) is 10.4. The van der Waals surface area contributed by atoms with Gasteiger partial charge in [-0.2, -0.15) is 5.26 Å². The molecule has 0 spiro atoms. The van der Waals surface area contributed by atoms with E-state index in [1.165, 1.54) is 0 Å². The van der Waals surface area contributed by atoms with Crippen molar-refractivity contribution in [1.82, 2.24) is 4.90 Å². The third-order valence-electron chi connectivity index (χ3n) is 2.85. The van der Waals surface area contributed by atoms with Gasteiger partial charge in [0.15, 0.2) is 0 Å². The number of nitriles is 1. The summed E-state index contributed by atoms with van der Waals surface area (Å²) in [6.07, 6.45) is 0.509. The van der Waals surface area contributed by atoms with Crippen molar-refractivity contribution in [3.05, 3.63) is 23.8 Å². The standard InChI is InChI=1S/C14H21N3O2/c1-18-9-8-17(7-3-6-15)11-12-4-5-14(19-2)13(16)10-12/h4-5,10H,3,7-9,11,16H2,1-2H3. The summed E-state index contributed by atoms with van der Waals surface area (Å²) < 4.78 is 10.2. The summed E-state index contributed by atoms with van der Waals surface area (Å²) in [5.74, 6) is 0.684. The first-order valence-corrected chi connectivity index (χ1v) is 6.22. The molecule has 0 atom stereocenters. The molecule has 0 fully saturated rings. The second kappa shape index (κ2) is 8.35. The Morgan fingerprint density at radius 3 is 2.68 bits per heavy atom. The van der Waals surface area contributed by atoms with Gasteiger partial charge in [-0.15, -0.1) is 0 Å². The van der Waals surface area contributed by atoms with Gasteiger partial charge in [0.25, 0.3) is 0 Å². The average molecular weight is 263 g/mol. The van der Waals surface area contributed by atoms with Crippen LogP contribution in [0.2, 0.25) is 0 Å². The van der Waals surface area contributed by atoms with Gasteiger partial charge in [-0.1, -0.05) is 6.07 Å². The van der Waals surface area contributed by atoms with Crippen molar-refractivity contribution in [2.75, 3.05) is 39.6 Å². The summed E-state index contributed by atoms with van der Waals surface area (Å²) >= 11 is 0. The summed E-state index contributed by atoms with van der Waals surface area (Å²) in [4.78, 5) is 2.17. The fourth-order valence-corrected chi connectivity index (χ4v) is 1.84. The molecule has 0 saturated heterocycles. The minimum Gasteiger partial charge on any atom is -0.495 e. The number of nitrogens with two attached hydrogens (primary N) is 1. The minimum atomic E-state index is 0.509. The highest BCUT2D eigenvalue weighted by Gasteiger charge is 2.07. The van der Waals surface area contributed by atoms with Gasteiger partial charge in [0.1, 0.15) is 5.75 Å². The van der Waals surface area contributed by atoms with E-state index in [2.05, 4.69) is 11.0 Å². The van der Waals surface area contributed by atoms with Crippen LogP contribution >= 0.6 is 0 Å². The number of nitrogen functional groups attached to an aromatic ring is 1. The lowest BCUT2D eigenvalue weighted by atomic mass is 10.1. The Bertz CT molecular complexity index is 429. The van der Waals surface area contributed by atoms with Crippen LogP contribution in [-0.4, -0.2) is 38.8 Å². The number of anilines is 1. The van der Waals surface area contributed by atoms with Crippen LogP contribution in [0.25, 0.3) is 0 Å². The average Bonchev–Trinajstić information content (AvgIpc) is 2.42. The molecule has 0 radical (unpaired) electrons. The lowest BCUT2D eigenvalue weighted by Crippen LogP contribution is -2.28. The van der Waals surface area contributed by atoms with Crippen molar-refractivity contribution in [2.24, 2.45) is 0 Å². The Balaban J connectivity index is 2.66. The van der Waals surface area contributed by atoms with E-state index in [-0.39, 0.29) is 0 Å². The molecule has 0 aliphatic heterocycles. The van der Waals surface area contributed by atoms with Gasteiger partial charge in [0.2, 0.25) is 0 Å². The summed E-state index contributed by atoms with van der Waals surface area (Å²) in [5.41, 5.74) is 7.62. The molecule has 1 rings (SSSR count). The summed E-state index contributed by atoms with van der Waals surface area (Å²) in [7, 11) is 3.27. The number of rotatable bonds is 8. The number of nitrogens with zero attached hydrogens (tertiary/aromatic N) is 2. The first kappa shape index (κ1) is 15.3. The SMILES string of the molecule is COCCN(CCC#N)Cc1ccc(OC)c(N)c1. The van der Waals surface area contributed by atoms with E-state index >= 15 is 0 Å². The van der Waals surface area contributed by atoms with Crippen molar-refractivity contribution >= 4 is 5.69 Å². The minimum absolute atomic E-state index is 0.509. The molecule has 0 aliphatic carbocycles. The third kappa shape index (κ3) is 5.16. The van der Waals surface area contributed by atoms with E-state index in [1.807, 2.05) is 18.2 Å². The maximum atomic E-state index is 8.67. The molecule has 5 heteroatoms. The summed E-state index contributed by atoms with van der Waals surface area (Å²) in [6.45, 7) is 2.92. The Kier molecular flexibility index (Phi) is 6.72. The highest BCUT2D eigenvalue weighted by molar-refractivity contribution is 5.54. The number of hydrogen-bond donors (Lipinski definition) is 1. The molecule has 2 N–H and O–H groups in total. The second-order valence-electron chi connectivity index (χ2n) is 4.25. The van der Waals surface area contributed by atoms with Crippen molar-refractivity contribution in [1.29, 1.82) is 5.26 Å². The van der Waals surface area contributed by atoms with Crippen LogP contribution in [0.3, 0.4) is 0 Å². The van der Waals surface area contributed by atoms with Gasteiger partial charge in [0.05, 0.1) is 25.5 Å². The number of methoxy groups -OCH3 is 2. The predicted octanol–water partition coefficient (Wildman–Crippen LogP) is 1.64. The van der Waals surface area contributed by atoms with E-state index in [0.717, 1.165) is 25.2 Å². The third-order valence-corrected chi connectivity index (χ3v) is 2.85. The first-order valence-electron chi connectivity index (χ1n) is 6.22. The van der Waals surface area contributed by atoms with E-state index in [0.29, 0.717) is 24.5 Å². The molecular formula is C14H21N3O2. The number of ether oxygens (including phenoxy) is 2. The van der Waals surface area contributed by atoms with Crippen molar-refractivity contribution in [2.45, 2.75) is 13.0 Å². The molecule has 1 aromatic rings. The van der Waals surface area contributed by atoms with Gasteiger partial charge >= 0.3 is 0 Å². The Labute approximate surface area is 114 Å². The van der Waals surface area contributed by atoms with Gasteiger partial charge < -0.3 is 15.2 Å². The zero-order chi connectivity index (χ0) is 14.1. The number of hydrogen-bond acceptors (Lipinski definition) is 5. The van der Waals surface area contributed by atoms with E-state index in [1.54, 1.807) is 14.2 Å². The second-order valence-corrected chi connectivity index (χ2v) is 4.25. The fourth-order valence-electron chi connectivity index (χ4n) is 1.84. The summed E-state index contributed by atoms with van der Waals surface area (Å²) in [6, 6.07) is 7.92. The zero-order valence-corrected chi connectivity index (χ0v) is 11.6. The van der Waals surface area contributed by atoms with Crippen LogP contribution in [0.1, 0.15) is 12.0 Å². The maximum absolute atomic E-state index is 8.67. The van der Waals surface area contributed by atoms with Crippen LogP contribution in [0.5, 0.6) is 5.75 Å². The molecular weight excluding hydrogens is 242 g/mol. The molecule has 0 aliphatic rings. The highest BCUT2D eigenvalue weighted by atomic mass is 16.5. The van der Waals surface area contributed by atoms with E-state index in [9.17, 15) is 0 Å². The number of benzene rings is 1. The van der Waals surface area contributed by atoms with Crippen LogP contribution in [0, 0.1) is 11.3 Å². The van der Waals surface area contributed by atoms with Crippen LogP contribution in [0.15, 0.2) is 18.2 Å². The fraction of sp³-hybridized carbons (Fsp3) is 0.500. The lowest BCUT2D eigenvalue weighted by Gasteiger charge is -2.21. The van der Waals surface area contributed by atoms with Gasteiger partial charge in [-0.3, -0.25) is 4.90 Å². The molecule has 0 unspecified atom stereocenters. The Hall–Kier alpha value is -1.77. The van der Waals surface area contributed by atoms with E-state index < -0.39 is 0 Å². The van der Waals surface area contributed by atoms with Crippen molar-refractivity contribution in [3.8, 4) is 11.8 Å². The molecule has 0 bridgehead atoms. The summed E-state index contributed by atoms with van der Waals surface area (Å²) in [5, 5.41) is 8.67. The van der Waals surface area contributed by atoms with Crippen LogP contribution in [-0.2, 0) is 11.3 Å². The van der Waals surface area contributed by atoms with Gasteiger partial charge in [-0.05, 0) is 17.7 Å². The van der Waals surface area contributed by atoms with Gasteiger partial charge in [-0.25, -0.2) is 0 Å². The molecule has 0 amide bonds. The van der Waals surface area contributed by atoms with Crippen LogP contribution < -0.4 is 10.5 Å².